The van der Waals surface area contributed by atoms with Crippen molar-refractivity contribution in [2.45, 2.75) is 19.5 Å². The van der Waals surface area contributed by atoms with Crippen molar-refractivity contribution in [2.75, 3.05) is 26.7 Å². The highest BCUT2D eigenvalue weighted by Crippen LogP contribution is 2.14. The Labute approximate surface area is 95.9 Å². The van der Waals surface area contributed by atoms with Crippen molar-refractivity contribution in [2.24, 2.45) is 0 Å². The first kappa shape index (κ1) is 11.5. The van der Waals surface area contributed by atoms with E-state index in [-0.39, 0.29) is 5.82 Å². The molecule has 1 unspecified atom stereocenters. The lowest BCUT2D eigenvalue weighted by atomic mass is 10.1. The third-order valence-corrected chi connectivity index (χ3v) is 3.20. The van der Waals surface area contributed by atoms with Crippen LogP contribution in [0.25, 0.3) is 0 Å². The number of hydrogen-bond donors (Lipinski definition) is 0. The molecule has 1 aliphatic rings. The molecule has 4 heteroatoms. The van der Waals surface area contributed by atoms with Crippen molar-refractivity contribution in [3.8, 4) is 0 Å². The Hall–Kier alpha value is -1.00. The van der Waals surface area contributed by atoms with Crippen molar-refractivity contribution >= 4 is 0 Å². The summed E-state index contributed by atoms with van der Waals surface area (Å²) in [4.78, 5) is 8.39. The fourth-order valence-corrected chi connectivity index (χ4v) is 2.16. The average molecular weight is 223 g/mol. The van der Waals surface area contributed by atoms with E-state index in [9.17, 15) is 4.39 Å². The first-order chi connectivity index (χ1) is 7.66. The summed E-state index contributed by atoms with van der Waals surface area (Å²) in [6.45, 7) is 5.97. The van der Waals surface area contributed by atoms with Gasteiger partial charge in [-0.25, -0.2) is 4.39 Å². The normalized spacial score (nSPS) is 23.6. The second-order valence-corrected chi connectivity index (χ2v) is 4.55. The molecule has 1 aromatic heterocycles. The molecule has 3 nitrogen and oxygen atoms in total. The SMILES string of the molecule is CC1CN(C)CCN1Cc1ccncc1F. The topological polar surface area (TPSA) is 19.4 Å². The minimum Gasteiger partial charge on any atom is -0.304 e. The van der Waals surface area contributed by atoms with Crippen molar-refractivity contribution < 1.29 is 4.39 Å². The number of pyridine rings is 1. The van der Waals surface area contributed by atoms with Gasteiger partial charge in [-0.2, -0.15) is 0 Å². The predicted molar refractivity (Wildman–Crippen MR) is 61.6 cm³/mol. The number of piperazine rings is 1. The zero-order chi connectivity index (χ0) is 11.5. The lowest BCUT2D eigenvalue weighted by Gasteiger charge is -2.38. The maximum absolute atomic E-state index is 13.4. The van der Waals surface area contributed by atoms with E-state index in [1.54, 1.807) is 12.3 Å². The average Bonchev–Trinajstić information content (AvgIpc) is 2.25. The lowest BCUT2D eigenvalue weighted by molar-refractivity contribution is 0.0928. The van der Waals surface area contributed by atoms with Crippen LogP contribution in [0.2, 0.25) is 0 Å². The van der Waals surface area contributed by atoms with Gasteiger partial charge in [0.05, 0.1) is 6.20 Å². The highest BCUT2D eigenvalue weighted by atomic mass is 19.1. The van der Waals surface area contributed by atoms with Crippen molar-refractivity contribution in [1.82, 2.24) is 14.8 Å². The van der Waals surface area contributed by atoms with Crippen LogP contribution in [0, 0.1) is 5.82 Å². The molecular formula is C12H18FN3. The van der Waals surface area contributed by atoms with Gasteiger partial charge in [-0.1, -0.05) is 0 Å². The first-order valence-electron chi connectivity index (χ1n) is 5.68. The van der Waals surface area contributed by atoms with Crippen molar-refractivity contribution in [1.29, 1.82) is 0 Å². The van der Waals surface area contributed by atoms with E-state index in [2.05, 4.69) is 28.8 Å². The summed E-state index contributed by atoms with van der Waals surface area (Å²) in [6.07, 6.45) is 2.94. The minimum absolute atomic E-state index is 0.200. The Morgan fingerprint density at radius 2 is 2.31 bits per heavy atom. The predicted octanol–water partition coefficient (Wildman–Crippen LogP) is 1.36. The fraction of sp³-hybridized carbons (Fsp3) is 0.583. The maximum Gasteiger partial charge on any atom is 0.145 e. The summed E-state index contributed by atoms with van der Waals surface area (Å²) in [5.41, 5.74) is 0.742. The largest absolute Gasteiger partial charge is 0.304 e. The molecule has 2 heterocycles. The Morgan fingerprint density at radius 1 is 1.50 bits per heavy atom. The molecule has 1 atom stereocenters. The molecule has 1 aliphatic heterocycles. The molecule has 1 aromatic rings. The molecule has 0 aromatic carbocycles. The van der Waals surface area contributed by atoms with Gasteiger partial charge in [0, 0.05) is 44.0 Å². The third kappa shape index (κ3) is 2.57. The zero-order valence-electron chi connectivity index (χ0n) is 9.86. The summed E-state index contributed by atoms with van der Waals surface area (Å²) in [7, 11) is 2.13. The number of aromatic nitrogens is 1. The number of hydrogen-bond acceptors (Lipinski definition) is 3. The molecule has 0 saturated carbocycles. The van der Waals surface area contributed by atoms with Crippen LogP contribution in [0.15, 0.2) is 18.5 Å². The Morgan fingerprint density at radius 3 is 3.00 bits per heavy atom. The Bertz CT molecular complexity index is 356. The Balaban J connectivity index is 2.02. The molecule has 88 valence electrons. The van der Waals surface area contributed by atoms with Crippen LogP contribution in [0.5, 0.6) is 0 Å². The van der Waals surface area contributed by atoms with Crippen molar-refractivity contribution in [3.05, 3.63) is 29.8 Å². The number of halogens is 1. The van der Waals surface area contributed by atoms with Crippen LogP contribution < -0.4 is 0 Å². The van der Waals surface area contributed by atoms with E-state index in [4.69, 9.17) is 0 Å². The van der Waals surface area contributed by atoms with E-state index < -0.39 is 0 Å². The molecule has 1 saturated heterocycles. The van der Waals surface area contributed by atoms with Crippen LogP contribution >= 0.6 is 0 Å². The van der Waals surface area contributed by atoms with Crippen LogP contribution in [0.1, 0.15) is 12.5 Å². The number of likely N-dealkylation sites (N-methyl/N-ethyl adjacent to an activating group) is 1. The monoisotopic (exact) mass is 223 g/mol. The second-order valence-electron chi connectivity index (χ2n) is 4.55. The van der Waals surface area contributed by atoms with Crippen LogP contribution in [-0.4, -0.2) is 47.5 Å². The van der Waals surface area contributed by atoms with Crippen LogP contribution in [-0.2, 0) is 6.54 Å². The van der Waals surface area contributed by atoms with E-state index >= 15 is 0 Å². The summed E-state index contributed by atoms with van der Waals surface area (Å²) < 4.78 is 13.4. The van der Waals surface area contributed by atoms with Gasteiger partial charge in [-0.05, 0) is 20.0 Å². The van der Waals surface area contributed by atoms with Gasteiger partial charge in [0.2, 0.25) is 0 Å². The fourth-order valence-electron chi connectivity index (χ4n) is 2.16. The molecule has 1 fully saturated rings. The molecule has 0 N–H and O–H groups in total. The number of nitrogens with zero attached hydrogens (tertiary/aromatic N) is 3. The highest BCUT2D eigenvalue weighted by molar-refractivity contribution is 5.12. The van der Waals surface area contributed by atoms with Gasteiger partial charge in [0.15, 0.2) is 0 Å². The first-order valence-corrected chi connectivity index (χ1v) is 5.68. The summed E-state index contributed by atoms with van der Waals surface area (Å²) in [5.74, 6) is -0.200. The maximum atomic E-state index is 13.4. The standard InChI is InChI=1S/C12H18FN3/c1-10-8-15(2)5-6-16(10)9-11-3-4-14-7-12(11)13/h3-4,7,10H,5-6,8-9H2,1-2H3. The Kier molecular flexibility index (Phi) is 3.51. The summed E-state index contributed by atoms with van der Waals surface area (Å²) in [6, 6.07) is 2.24. The quantitative estimate of drug-likeness (QED) is 0.754. The third-order valence-electron chi connectivity index (χ3n) is 3.20. The minimum atomic E-state index is -0.200. The highest BCUT2D eigenvalue weighted by Gasteiger charge is 2.21. The van der Waals surface area contributed by atoms with E-state index in [0.29, 0.717) is 12.6 Å². The van der Waals surface area contributed by atoms with Gasteiger partial charge >= 0.3 is 0 Å². The van der Waals surface area contributed by atoms with Crippen molar-refractivity contribution in [3.63, 3.8) is 0 Å². The number of rotatable bonds is 2. The molecule has 0 amide bonds. The zero-order valence-corrected chi connectivity index (χ0v) is 9.86. The van der Waals surface area contributed by atoms with Crippen LogP contribution in [0.3, 0.4) is 0 Å². The van der Waals surface area contributed by atoms with E-state index in [1.807, 2.05) is 0 Å². The molecule has 16 heavy (non-hydrogen) atoms. The summed E-state index contributed by atoms with van der Waals surface area (Å²) in [5, 5.41) is 0. The summed E-state index contributed by atoms with van der Waals surface area (Å²) >= 11 is 0. The molecule has 0 spiro atoms. The van der Waals surface area contributed by atoms with Crippen LogP contribution in [0.4, 0.5) is 4.39 Å². The van der Waals surface area contributed by atoms with Gasteiger partial charge < -0.3 is 4.90 Å². The van der Waals surface area contributed by atoms with E-state index in [0.717, 1.165) is 25.2 Å². The smallest absolute Gasteiger partial charge is 0.145 e. The molecule has 0 radical (unpaired) electrons. The molecule has 0 bridgehead atoms. The van der Waals surface area contributed by atoms with Gasteiger partial charge in [0.1, 0.15) is 5.82 Å². The van der Waals surface area contributed by atoms with E-state index in [1.165, 1.54) is 6.20 Å². The molecular weight excluding hydrogens is 205 g/mol. The molecule has 2 rings (SSSR count). The van der Waals surface area contributed by atoms with Gasteiger partial charge in [0.25, 0.3) is 0 Å². The van der Waals surface area contributed by atoms with Gasteiger partial charge in [-0.3, -0.25) is 9.88 Å². The molecule has 0 aliphatic carbocycles. The second kappa shape index (κ2) is 4.89. The van der Waals surface area contributed by atoms with Gasteiger partial charge in [-0.15, -0.1) is 0 Å². The lowest BCUT2D eigenvalue weighted by Crippen LogP contribution is -2.49.